The van der Waals surface area contributed by atoms with Gasteiger partial charge in [0.25, 0.3) is 0 Å². The molecule has 0 saturated heterocycles. The van der Waals surface area contributed by atoms with Gasteiger partial charge in [0.1, 0.15) is 5.75 Å². The highest BCUT2D eigenvalue weighted by molar-refractivity contribution is 5.83. The van der Waals surface area contributed by atoms with Crippen molar-refractivity contribution in [1.82, 2.24) is 0 Å². The number of hydrogen-bond donors (Lipinski definition) is 1. The van der Waals surface area contributed by atoms with Crippen molar-refractivity contribution in [3.8, 4) is 5.75 Å². The summed E-state index contributed by atoms with van der Waals surface area (Å²) >= 11 is 0. The molecule has 21 heavy (non-hydrogen) atoms. The Morgan fingerprint density at radius 1 is 0.905 bits per heavy atom. The number of ether oxygens (including phenoxy) is 1. The van der Waals surface area contributed by atoms with Crippen molar-refractivity contribution in [2.45, 2.75) is 12.5 Å². The minimum absolute atomic E-state index is 0.512. The van der Waals surface area contributed by atoms with E-state index in [-0.39, 0.29) is 0 Å². The van der Waals surface area contributed by atoms with E-state index in [0.29, 0.717) is 6.42 Å². The fourth-order valence-electron chi connectivity index (χ4n) is 2.56. The zero-order valence-corrected chi connectivity index (χ0v) is 12.0. The lowest BCUT2D eigenvalue weighted by Crippen LogP contribution is -2.02. The zero-order valence-electron chi connectivity index (χ0n) is 12.0. The van der Waals surface area contributed by atoms with Gasteiger partial charge in [0.2, 0.25) is 0 Å². The van der Waals surface area contributed by atoms with E-state index < -0.39 is 6.10 Å². The molecular formula is C19H18O2. The van der Waals surface area contributed by atoms with Gasteiger partial charge in [-0.2, -0.15) is 0 Å². The summed E-state index contributed by atoms with van der Waals surface area (Å²) in [5.41, 5.74) is 2.01. The zero-order chi connectivity index (χ0) is 14.7. The third kappa shape index (κ3) is 3.06. The maximum absolute atomic E-state index is 10.5. The molecule has 0 heterocycles. The first-order valence-electron chi connectivity index (χ1n) is 7.06. The van der Waals surface area contributed by atoms with Crippen molar-refractivity contribution in [1.29, 1.82) is 0 Å². The van der Waals surface area contributed by atoms with Crippen LogP contribution in [0.3, 0.4) is 0 Å². The van der Waals surface area contributed by atoms with Crippen LogP contribution < -0.4 is 4.74 Å². The Hall–Kier alpha value is -2.32. The monoisotopic (exact) mass is 278 g/mol. The Morgan fingerprint density at radius 3 is 2.52 bits per heavy atom. The summed E-state index contributed by atoms with van der Waals surface area (Å²) in [5.74, 6) is 0.818. The SMILES string of the molecule is COc1cccc(CC(O)c2ccc3ccccc3c2)c1. The predicted molar refractivity (Wildman–Crippen MR) is 85.6 cm³/mol. The van der Waals surface area contributed by atoms with Gasteiger partial charge in [-0.25, -0.2) is 0 Å². The second-order valence-corrected chi connectivity index (χ2v) is 5.18. The number of aliphatic hydroxyl groups excluding tert-OH is 1. The number of fused-ring (bicyclic) bond motifs is 1. The molecule has 0 aliphatic heterocycles. The van der Waals surface area contributed by atoms with Crippen LogP contribution >= 0.6 is 0 Å². The highest BCUT2D eigenvalue weighted by Gasteiger charge is 2.09. The van der Waals surface area contributed by atoms with Crippen LogP contribution in [-0.2, 0) is 6.42 Å². The minimum Gasteiger partial charge on any atom is -0.497 e. The van der Waals surface area contributed by atoms with Gasteiger partial charge in [0.15, 0.2) is 0 Å². The number of methoxy groups -OCH3 is 1. The van der Waals surface area contributed by atoms with E-state index >= 15 is 0 Å². The van der Waals surface area contributed by atoms with Crippen LogP contribution in [0.1, 0.15) is 17.2 Å². The number of hydrogen-bond acceptors (Lipinski definition) is 2. The lowest BCUT2D eigenvalue weighted by molar-refractivity contribution is 0.178. The third-order valence-electron chi connectivity index (χ3n) is 3.72. The largest absolute Gasteiger partial charge is 0.497 e. The Morgan fingerprint density at radius 2 is 1.71 bits per heavy atom. The molecule has 1 atom stereocenters. The highest BCUT2D eigenvalue weighted by Crippen LogP contribution is 2.24. The van der Waals surface area contributed by atoms with Gasteiger partial charge in [-0.3, -0.25) is 0 Å². The summed E-state index contributed by atoms with van der Waals surface area (Å²) < 4.78 is 5.22. The first kappa shape index (κ1) is 13.7. The molecule has 3 rings (SSSR count). The molecule has 3 aromatic rings. The molecule has 0 aliphatic rings. The first-order valence-corrected chi connectivity index (χ1v) is 7.06. The van der Waals surface area contributed by atoms with Gasteiger partial charge in [-0.1, -0.05) is 48.5 Å². The molecule has 2 nitrogen and oxygen atoms in total. The van der Waals surface area contributed by atoms with Crippen LogP contribution in [0.25, 0.3) is 10.8 Å². The topological polar surface area (TPSA) is 29.5 Å². The first-order chi connectivity index (χ1) is 10.3. The van der Waals surface area contributed by atoms with Crippen molar-refractivity contribution >= 4 is 10.8 Å². The molecule has 0 saturated carbocycles. The predicted octanol–water partition coefficient (Wildman–Crippen LogP) is 4.12. The summed E-state index contributed by atoms with van der Waals surface area (Å²) in [6, 6.07) is 22.1. The summed E-state index contributed by atoms with van der Waals surface area (Å²) in [6.45, 7) is 0. The van der Waals surface area contributed by atoms with E-state index in [9.17, 15) is 5.11 Å². The molecule has 106 valence electrons. The molecule has 2 heteroatoms. The van der Waals surface area contributed by atoms with E-state index in [0.717, 1.165) is 22.3 Å². The Kier molecular flexibility index (Phi) is 3.89. The maximum atomic E-state index is 10.5. The van der Waals surface area contributed by atoms with Crippen LogP contribution in [0.5, 0.6) is 5.75 Å². The molecule has 0 aliphatic carbocycles. The second kappa shape index (κ2) is 5.98. The standard InChI is InChI=1S/C19H18O2/c1-21-18-8-4-5-14(11-18)12-19(20)17-10-9-15-6-2-3-7-16(15)13-17/h2-11,13,19-20H,12H2,1H3. The Labute approximate surface area is 124 Å². The summed E-state index contributed by atoms with van der Waals surface area (Å²) in [7, 11) is 1.65. The highest BCUT2D eigenvalue weighted by atomic mass is 16.5. The number of aliphatic hydroxyl groups is 1. The molecule has 0 aromatic heterocycles. The van der Waals surface area contributed by atoms with Crippen LogP contribution in [0.4, 0.5) is 0 Å². The minimum atomic E-state index is -0.512. The van der Waals surface area contributed by atoms with Crippen molar-refractivity contribution in [3.05, 3.63) is 77.9 Å². The number of benzene rings is 3. The van der Waals surface area contributed by atoms with E-state index in [1.807, 2.05) is 42.5 Å². The molecule has 0 fully saturated rings. The molecular weight excluding hydrogens is 260 g/mol. The molecule has 0 bridgehead atoms. The summed E-state index contributed by atoms with van der Waals surface area (Å²) in [5, 5.41) is 12.8. The molecule has 1 unspecified atom stereocenters. The lowest BCUT2D eigenvalue weighted by atomic mass is 9.98. The van der Waals surface area contributed by atoms with Crippen LogP contribution in [0.2, 0.25) is 0 Å². The van der Waals surface area contributed by atoms with Crippen molar-refractivity contribution in [2.75, 3.05) is 7.11 Å². The van der Waals surface area contributed by atoms with Gasteiger partial charge < -0.3 is 9.84 Å². The van der Waals surface area contributed by atoms with E-state index in [2.05, 4.69) is 24.3 Å². The van der Waals surface area contributed by atoms with Gasteiger partial charge >= 0.3 is 0 Å². The van der Waals surface area contributed by atoms with Crippen molar-refractivity contribution in [3.63, 3.8) is 0 Å². The number of rotatable bonds is 4. The summed E-state index contributed by atoms with van der Waals surface area (Å²) in [6.07, 6.45) is 0.0666. The average molecular weight is 278 g/mol. The van der Waals surface area contributed by atoms with Crippen molar-refractivity contribution < 1.29 is 9.84 Å². The quantitative estimate of drug-likeness (QED) is 0.777. The van der Waals surface area contributed by atoms with Gasteiger partial charge in [-0.15, -0.1) is 0 Å². The van der Waals surface area contributed by atoms with E-state index in [1.165, 1.54) is 5.39 Å². The maximum Gasteiger partial charge on any atom is 0.119 e. The third-order valence-corrected chi connectivity index (χ3v) is 3.72. The smallest absolute Gasteiger partial charge is 0.119 e. The normalized spacial score (nSPS) is 12.3. The van der Waals surface area contributed by atoms with E-state index in [4.69, 9.17) is 4.74 Å². The molecule has 0 radical (unpaired) electrons. The molecule has 0 amide bonds. The van der Waals surface area contributed by atoms with Crippen LogP contribution in [0.15, 0.2) is 66.7 Å². The second-order valence-electron chi connectivity index (χ2n) is 5.18. The van der Waals surface area contributed by atoms with Crippen LogP contribution in [-0.4, -0.2) is 12.2 Å². The molecule has 0 spiro atoms. The van der Waals surface area contributed by atoms with Gasteiger partial charge in [-0.05, 0) is 40.1 Å². The fourth-order valence-corrected chi connectivity index (χ4v) is 2.56. The Bertz CT molecular complexity index is 749. The average Bonchev–Trinajstić information content (AvgIpc) is 2.54. The summed E-state index contributed by atoms with van der Waals surface area (Å²) in [4.78, 5) is 0. The molecule has 3 aromatic carbocycles. The van der Waals surface area contributed by atoms with Crippen LogP contribution in [0, 0.1) is 0 Å². The van der Waals surface area contributed by atoms with E-state index in [1.54, 1.807) is 7.11 Å². The van der Waals surface area contributed by atoms with Gasteiger partial charge in [0.05, 0.1) is 13.2 Å². The fraction of sp³-hybridized carbons (Fsp3) is 0.158. The van der Waals surface area contributed by atoms with Crippen molar-refractivity contribution in [2.24, 2.45) is 0 Å². The molecule has 1 N–H and O–H groups in total. The lowest BCUT2D eigenvalue weighted by Gasteiger charge is -2.13. The Balaban J connectivity index is 1.84. The van der Waals surface area contributed by atoms with Gasteiger partial charge in [0, 0.05) is 6.42 Å².